The molecule has 0 bridgehead atoms. The number of nitrogens with zero attached hydrogens (tertiary/aromatic N) is 5. The number of rotatable bonds is 5. The maximum Gasteiger partial charge on any atom is 0.146 e. The number of aromatic nitrogens is 5. The van der Waals surface area contributed by atoms with E-state index in [0.29, 0.717) is 6.54 Å². The second-order valence-corrected chi connectivity index (χ2v) is 5.98. The summed E-state index contributed by atoms with van der Waals surface area (Å²) in [5, 5.41) is 7.71. The highest BCUT2D eigenvalue weighted by Gasteiger charge is 2.14. The third-order valence-electron chi connectivity index (χ3n) is 3.23. The van der Waals surface area contributed by atoms with Crippen LogP contribution in [0.15, 0.2) is 12.5 Å². The highest BCUT2D eigenvalue weighted by Crippen LogP contribution is 2.10. The van der Waals surface area contributed by atoms with Crippen LogP contribution in [0.1, 0.15) is 45.0 Å². The first-order valence-corrected chi connectivity index (χ1v) is 7.03. The van der Waals surface area contributed by atoms with Crippen molar-refractivity contribution in [2.75, 3.05) is 0 Å². The molecular weight excluding hydrogens is 252 g/mol. The first kappa shape index (κ1) is 14.7. The second-order valence-electron chi connectivity index (χ2n) is 5.98. The van der Waals surface area contributed by atoms with E-state index >= 15 is 0 Å². The minimum absolute atomic E-state index is 0.0897. The number of aryl methyl sites for hydroxylation is 2. The highest BCUT2D eigenvalue weighted by atomic mass is 15.3. The van der Waals surface area contributed by atoms with Crippen LogP contribution < -0.4 is 5.32 Å². The zero-order valence-corrected chi connectivity index (χ0v) is 13.0. The van der Waals surface area contributed by atoms with Crippen molar-refractivity contribution in [2.24, 2.45) is 0 Å². The van der Waals surface area contributed by atoms with Crippen LogP contribution in [0.5, 0.6) is 0 Å². The predicted octanol–water partition coefficient (Wildman–Crippen LogP) is 1.74. The zero-order valence-electron chi connectivity index (χ0n) is 13.0. The van der Waals surface area contributed by atoms with Crippen LogP contribution in [0.3, 0.4) is 0 Å². The van der Waals surface area contributed by atoms with E-state index in [9.17, 15) is 0 Å². The fraction of sp³-hybridized carbons (Fsp3) is 0.643. The molecule has 2 heterocycles. The lowest BCUT2D eigenvalue weighted by atomic mass is 10.1. The minimum Gasteiger partial charge on any atom is -0.323 e. The van der Waals surface area contributed by atoms with Gasteiger partial charge >= 0.3 is 0 Å². The summed E-state index contributed by atoms with van der Waals surface area (Å²) in [5.41, 5.74) is 1.26. The Kier molecular flexibility index (Phi) is 4.23. The molecule has 0 unspecified atom stereocenters. The van der Waals surface area contributed by atoms with Crippen molar-refractivity contribution in [3.63, 3.8) is 0 Å². The minimum atomic E-state index is 0.0897. The van der Waals surface area contributed by atoms with Crippen molar-refractivity contribution in [3.05, 3.63) is 29.9 Å². The Morgan fingerprint density at radius 2 is 2.00 bits per heavy atom. The smallest absolute Gasteiger partial charge is 0.146 e. The molecule has 0 atom stereocenters. The van der Waals surface area contributed by atoms with E-state index < -0.39 is 0 Å². The highest BCUT2D eigenvalue weighted by molar-refractivity contribution is 5.07. The zero-order chi connectivity index (χ0) is 14.8. The van der Waals surface area contributed by atoms with E-state index in [-0.39, 0.29) is 5.54 Å². The van der Waals surface area contributed by atoms with Crippen LogP contribution in [0.2, 0.25) is 0 Å². The topological polar surface area (TPSA) is 60.6 Å². The molecule has 0 fully saturated rings. The van der Waals surface area contributed by atoms with Gasteiger partial charge in [-0.2, -0.15) is 5.10 Å². The lowest BCUT2D eigenvalue weighted by Gasteiger charge is -2.21. The summed E-state index contributed by atoms with van der Waals surface area (Å²) in [5.74, 6) is 1.96. The van der Waals surface area contributed by atoms with E-state index in [1.807, 2.05) is 17.8 Å². The van der Waals surface area contributed by atoms with Crippen molar-refractivity contribution in [3.8, 4) is 0 Å². The number of hydrogen-bond donors (Lipinski definition) is 1. The Morgan fingerprint density at radius 1 is 1.25 bits per heavy atom. The molecule has 6 nitrogen and oxygen atoms in total. The normalized spacial score (nSPS) is 12.1. The van der Waals surface area contributed by atoms with Crippen LogP contribution in [0.4, 0.5) is 0 Å². The summed E-state index contributed by atoms with van der Waals surface area (Å²) in [4.78, 5) is 8.75. The van der Waals surface area contributed by atoms with E-state index in [2.05, 4.69) is 52.6 Å². The van der Waals surface area contributed by atoms with Gasteiger partial charge in [-0.15, -0.1) is 0 Å². The Labute approximate surface area is 120 Å². The van der Waals surface area contributed by atoms with E-state index in [0.717, 1.165) is 24.7 Å². The van der Waals surface area contributed by atoms with Gasteiger partial charge in [0.05, 0.1) is 12.2 Å². The maximum absolute atomic E-state index is 4.42. The molecule has 6 heteroatoms. The van der Waals surface area contributed by atoms with Crippen molar-refractivity contribution in [1.29, 1.82) is 0 Å². The quantitative estimate of drug-likeness (QED) is 0.903. The third kappa shape index (κ3) is 3.45. The van der Waals surface area contributed by atoms with Gasteiger partial charge in [0.25, 0.3) is 0 Å². The van der Waals surface area contributed by atoms with E-state index in [1.54, 1.807) is 6.33 Å². The molecule has 0 aliphatic heterocycles. The van der Waals surface area contributed by atoms with Gasteiger partial charge in [0.1, 0.15) is 18.0 Å². The van der Waals surface area contributed by atoms with Gasteiger partial charge < -0.3 is 9.88 Å². The summed E-state index contributed by atoms with van der Waals surface area (Å²) in [6, 6.07) is 0. The molecule has 0 saturated carbocycles. The van der Waals surface area contributed by atoms with Gasteiger partial charge in [0.2, 0.25) is 0 Å². The summed E-state index contributed by atoms with van der Waals surface area (Å²) >= 11 is 0. The van der Waals surface area contributed by atoms with Crippen LogP contribution >= 0.6 is 0 Å². The molecule has 0 aliphatic carbocycles. The Balaban J connectivity index is 2.17. The molecule has 0 saturated heterocycles. The number of hydrogen-bond acceptors (Lipinski definition) is 4. The molecule has 1 N–H and O–H groups in total. The Bertz CT molecular complexity index is 560. The third-order valence-corrected chi connectivity index (χ3v) is 3.23. The maximum atomic E-state index is 4.42. The largest absolute Gasteiger partial charge is 0.323 e. The number of nitrogens with one attached hydrogen (secondary N) is 1. The Hall–Kier alpha value is -1.69. The molecule has 20 heavy (non-hydrogen) atoms. The van der Waals surface area contributed by atoms with E-state index in [4.69, 9.17) is 0 Å². The molecule has 110 valence electrons. The number of imidazole rings is 1. The van der Waals surface area contributed by atoms with Gasteiger partial charge in [0.15, 0.2) is 0 Å². The SMILES string of the molecule is CCn1ncnc1Cn1c(CNC(C)(C)C)cnc1C. The first-order chi connectivity index (χ1) is 9.40. The summed E-state index contributed by atoms with van der Waals surface area (Å²) in [7, 11) is 0. The molecule has 0 amide bonds. The molecule has 2 aromatic heterocycles. The predicted molar refractivity (Wildman–Crippen MR) is 78.4 cm³/mol. The molecule has 0 radical (unpaired) electrons. The first-order valence-electron chi connectivity index (χ1n) is 7.03. The summed E-state index contributed by atoms with van der Waals surface area (Å²) < 4.78 is 4.11. The fourth-order valence-electron chi connectivity index (χ4n) is 2.04. The fourth-order valence-corrected chi connectivity index (χ4v) is 2.04. The average Bonchev–Trinajstić information content (AvgIpc) is 2.95. The average molecular weight is 276 g/mol. The van der Waals surface area contributed by atoms with Gasteiger partial charge in [0, 0.05) is 24.8 Å². The summed E-state index contributed by atoms with van der Waals surface area (Å²) in [6.07, 6.45) is 3.54. The molecule has 0 aromatic carbocycles. The molecule has 2 rings (SSSR count). The van der Waals surface area contributed by atoms with Crippen LogP contribution in [0, 0.1) is 6.92 Å². The van der Waals surface area contributed by atoms with Gasteiger partial charge in [-0.1, -0.05) is 0 Å². The van der Waals surface area contributed by atoms with E-state index in [1.165, 1.54) is 5.69 Å². The molecular formula is C14H24N6. The summed E-state index contributed by atoms with van der Waals surface area (Å²) in [6.45, 7) is 12.9. The Morgan fingerprint density at radius 3 is 2.65 bits per heavy atom. The lowest BCUT2D eigenvalue weighted by Crippen LogP contribution is -2.35. The van der Waals surface area contributed by atoms with Crippen LogP contribution in [0.25, 0.3) is 0 Å². The van der Waals surface area contributed by atoms with Gasteiger partial charge in [-0.25, -0.2) is 14.6 Å². The van der Waals surface area contributed by atoms with Crippen molar-refractivity contribution < 1.29 is 0 Å². The van der Waals surface area contributed by atoms with Gasteiger partial charge in [-0.05, 0) is 34.6 Å². The van der Waals surface area contributed by atoms with Crippen LogP contribution in [-0.2, 0) is 19.6 Å². The van der Waals surface area contributed by atoms with Crippen molar-refractivity contribution in [1.82, 2.24) is 29.6 Å². The molecule has 2 aromatic rings. The standard InChI is InChI=1S/C14H24N6/c1-6-20-13(16-10-18-20)9-19-11(2)15-7-12(19)8-17-14(3,4)5/h7,10,17H,6,8-9H2,1-5H3. The molecule has 0 spiro atoms. The van der Waals surface area contributed by atoms with Crippen LogP contribution in [-0.4, -0.2) is 29.9 Å². The van der Waals surface area contributed by atoms with Gasteiger partial charge in [-0.3, -0.25) is 0 Å². The van der Waals surface area contributed by atoms with Crippen molar-refractivity contribution in [2.45, 2.75) is 59.8 Å². The second kappa shape index (κ2) is 5.75. The van der Waals surface area contributed by atoms with Crippen molar-refractivity contribution >= 4 is 0 Å². The lowest BCUT2D eigenvalue weighted by molar-refractivity contribution is 0.415. The monoisotopic (exact) mass is 276 g/mol. The molecule has 0 aliphatic rings.